The van der Waals surface area contributed by atoms with E-state index in [0.29, 0.717) is 6.04 Å². The van der Waals surface area contributed by atoms with E-state index in [1.807, 2.05) is 12.1 Å². The largest absolute Gasteiger partial charge is 0.320 e. The Morgan fingerprint density at radius 3 is 2.67 bits per heavy atom. The van der Waals surface area contributed by atoms with Crippen molar-refractivity contribution in [1.82, 2.24) is 14.9 Å². The highest BCUT2D eigenvalue weighted by Gasteiger charge is 2.15. The van der Waals surface area contributed by atoms with Crippen LogP contribution in [0.5, 0.6) is 0 Å². The SMILES string of the molecule is Cc1cc2nc(/C=C3\CCNC(C)C3)n(Cc3ccc(Cl)cc3)c2cc1C. The molecule has 4 rings (SSSR count). The van der Waals surface area contributed by atoms with Gasteiger partial charge in [-0.2, -0.15) is 0 Å². The Bertz CT molecular complexity index is 999. The average molecular weight is 380 g/mol. The van der Waals surface area contributed by atoms with Gasteiger partial charge < -0.3 is 9.88 Å². The van der Waals surface area contributed by atoms with Crippen LogP contribution in [0.2, 0.25) is 5.02 Å². The maximum atomic E-state index is 6.07. The van der Waals surface area contributed by atoms with Gasteiger partial charge >= 0.3 is 0 Å². The number of hydrogen-bond donors (Lipinski definition) is 1. The number of aryl methyl sites for hydroxylation is 2. The molecule has 1 N–H and O–H groups in total. The van der Waals surface area contributed by atoms with Crippen LogP contribution in [0.4, 0.5) is 0 Å². The lowest BCUT2D eigenvalue weighted by molar-refractivity contribution is 0.495. The number of nitrogens with one attached hydrogen (secondary N) is 1. The Hall–Kier alpha value is -2.10. The van der Waals surface area contributed by atoms with Crippen molar-refractivity contribution in [3.8, 4) is 0 Å². The quantitative estimate of drug-likeness (QED) is 0.650. The van der Waals surface area contributed by atoms with Crippen LogP contribution in [0, 0.1) is 13.8 Å². The molecule has 1 fully saturated rings. The molecule has 1 aromatic heterocycles. The molecule has 0 amide bonds. The summed E-state index contributed by atoms with van der Waals surface area (Å²) in [4.78, 5) is 4.99. The second kappa shape index (κ2) is 7.49. The van der Waals surface area contributed by atoms with Gasteiger partial charge in [0.1, 0.15) is 5.82 Å². The number of nitrogens with zero attached hydrogens (tertiary/aromatic N) is 2. The fraction of sp³-hybridized carbons (Fsp3) is 0.348. The third kappa shape index (κ3) is 3.95. The fourth-order valence-electron chi connectivity index (χ4n) is 3.81. The summed E-state index contributed by atoms with van der Waals surface area (Å²) in [5, 5.41) is 4.29. The lowest BCUT2D eigenvalue weighted by Gasteiger charge is -2.22. The first-order chi connectivity index (χ1) is 13.0. The van der Waals surface area contributed by atoms with Crippen LogP contribution in [-0.2, 0) is 6.54 Å². The number of benzene rings is 2. The van der Waals surface area contributed by atoms with Gasteiger partial charge in [-0.1, -0.05) is 29.3 Å². The van der Waals surface area contributed by atoms with E-state index >= 15 is 0 Å². The van der Waals surface area contributed by atoms with Crippen molar-refractivity contribution in [2.75, 3.05) is 6.54 Å². The standard InChI is InChI=1S/C23H26ClN3/c1-15-10-21-22(11-16(15)2)27(14-18-4-6-20(24)7-5-18)23(26-21)13-19-8-9-25-17(3)12-19/h4-7,10-11,13,17,25H,8-9,12,14H2,1-3H3/b19-13+. The molecule has 4 heteroatoms. The van der Waals surface area contributed by atoms with Gasteiger partial charge in [0.05, 0.1) is 11.0 Å². The molecule has 27 heavy (non-hydrogen) atoms. The van der Waals surface area contributed by atoms with Gasteiger partial charge in [-0.05, 0) is 87.2 Å². The van der Waals surface area contributed by atoms with Gasteiger partial charge in [-0.15, -0.1) is 0 Å². The Kier molecular flexibility index (Phi) is 5.07. The third-order valence-corrected chi connectivity index (χ3v) is 5.74. The summed E-state index contributed by atoms with van der Waals surface area (Å²) in [7, 11) is 0. The Labute approximate surface area is 166 Å². The van der Waals surface area contributed by atoms with Gasteiger partial charge in [0.2, 0.25) is 0 Å². The summed E-state index contributed by atoms with van der Waals surface area (Å²) < 4.78 is 2.34. The van der Waals surface area contributed by atoms with E-state index in [1.165, 1.54) is 27.8 Å². The Balaban J connectivity index is 1.81. The first-order valence-corrected chi connectivity index (χ1v) is 10.0. The minimum atomic E-state index is 0.531. The monoisotopic (exact) mass is 379 g/mol. The van der Waals surface area contributed by atoms with Gasteiger partial charge in [-0.3, -0.25) is 0 Å². The third-order valence-electron chi connectivity index (χ3n) is 5.49. The second-order valence-electron chi connectivity index (χ2n) is 7.72. The normalized spacial score (nSPS) is 19.1. The average Bonchev–Trinajstić information content (AvgIpc) is 2.94. The lowest BCUT2D eigenvalue weighted by Crippen LogP contribution is -2.32. The molecule has 3 nitrogen and oxygen atoms in total. The first-order valence-electron chi connectivity index (χ1n) is 9.64. The zero-order valence-electron chi connectivity index (χ0n) is 16.2. The van der Waals surface area contributed by atoms with Crippen LogP contribution < -0.4 is 5.32 Å². The van der Waals surface area contributed by atoms with Crippen molar-refractivity contribution in [2.45, 2.75) is 46.2 Å². The number of imidazole rings is 1. The van der Waals surface area contributed by atoms with Crippen molar-refractivity contribution in [3.05, 3.63) is 69.5 Å². The molecule has 1 unspecified atom stereocenters. The minimum Gasteiger partial charge on any atom is -0.320 e. The van der Waals surface area contributed by atoms with Crippen molar-refractivity contribution in [2.24, 2.45) is 0 Å². The van der Waals surface area contributed by atoms with Crippen molar-refractivity contribution < 1.29 is 0 Å². The van der Waals surface area contributed by atoms with Crippen LogP contribution in [0.25, 0.3) is 17.1 Å². The molecule has 140 valence electrons. The van der Waals surface area contributed by atoms with Crippen molar-refractivity contribution in [3.63, 3.8) is 0 Å². The molecule has 0 radical (unpaired) electrons. The summed E-state index contributed by atoms with van der Waals surface area (Å²) >= 11 is 6.07. The molecule has 0 bridgehead atoms. The molecule has 2 heterocycles. The number of fused-ring (bicyclic) bond motifs is 1. The molecule has 0 saturated carbocycles. The highest BCUT2D eigenvalue weighted by atomic mass is 35.5. The fourth-order valence-corrected chi connectivity index (χ4v) is 3.93. The number of rotatable bonds is 3. The van der Waals surface area contributed by atoms with Gasteiger partial charge in [-0.25, -0.2) is 4.98 Å². The molecular formula is C23H26ClN3. The van der Waals surface area contributed by atoms with E-state index in [9.17, 15) is 0 Å². The molecule has 1 atom stereocenters. The summed E-state index contributed by atoms with van der Waals surface area (Å²) in [5.74, 6) is 1.05. The molecule has 1 saturated heterocycles. The predicted molar refractivity (Wildman–Crippen MR) is 114 cm³/mol. The highest BCUT2D eigenvalue weighted by Crippen LogP contribution is 2.25. The van der Waals surface area contributed by atoms with E-state index in [0.717, 1.165) is 42.3 Å². The second-order valence-corrected chi connectivity index (χ2v) is 8.16. The van der Waals surface area contributed by atoms with E-state index in [-0.39, 0.29) is 0 Å². The van der Waals surface area contributed by atoms with Crippen LogP contribution in [-0.4, -0.2) is 22.1 Å². The van der Waals surface area contributed by atoms with E-state index < -0.39 is 0 Å². The molecular weight excluding hydrogens is 354 g/mol. The van der Waals surface area contributed by atoms with Crippen LogP contribution in [0.3, 0.4) is 0 Å². The predicted octanol–water partition coefficient (Wildman–Crippen LogP) is 5.51. The van der Waals surface area contributed by atoms with Gasteiger partial charge in [0.25, 0.3) is 0 Å². The molecule has 2 aromatic carbocycles. The summed E-state index contributed by atoms with van der Waals surface area (Å²) in [6, 6.07) is 13.1. The van der Waals surface area contributed by atoms with E-state index in [1.54, 1.807) is 0 Å². The minimum absolute atomic E-state index is 0.531. The Morgan fingerprint density at radius 1 is 1.19 bits per heavy atom. The van der Waals surface area contributed by atoms with Crippen LogP contribution in [0.15, 0.2) is 42.0 Å². The molecule has 0 aliphatic carbocycles. The molecule has 1 aliphatic heterocycles. The van der Waals surface area contributed by atoms with Gasteiger partial charge in [0, 0.05) is 17.6 Å². The smallest absolute Gasteiger partial charge is 0.134 e. The summed E-state index contributed by atoms with van der Waals surface area (Å²) in [5.41, 5.74) is 7.56. The zero-order valence-corrected chi connectivity index (χ0v) is 17.0. The Morgan fingerprint density at radius 2 is 1.93 bits per heavy atom. The molecule has 0 spiro atoms. The lowest BCUT2D eigenvalue weighted by atomic mass is 9.99. The maximum Gasteiger partial charge on any atom is 0.134 e. The number of aromatic nitrogens is 2. The number of halogens is 1. The zero-order chi connectivity index (χ0) is 19.0. The summed E-state index contributed by atoms with van der Waals surface area (Å²) in [6.07, 6.45) is 4.48. The van der Waals surface area contributed by atoms with Gasteiger partial charge in [0.15, 0.2) is 0 Å². The maximum absolute atomic E-state index is 6.07. The summed E-state index contributed by atoms with van der Waals surface area (Å²) in [6.45, 7) is 8.41. The highest BCUT2D eigenvalue weighted by molar-refractivity contribution is 6.30. The molecule has 1 aliphatic rings. The topological polar surface area (TPSA) is 29.9 Å². The van der Waals surface area contributed by atoms with E-state index in [4.69, 9.17) is 16.6 Å². The van der Waals surface area contributed by atoms with Crippen LogP contribution >= 0.6 is 11.6 Å². The van der Waals surface area contributed by atoms with Crippen LogP contribution in [0.1, 0.15) is 42.3 Å². The van der Waals surface area contributed by atoms with Crippen molar-refractivity contribution in [1.29, 1.82) is 0 Å². The number of piperidine rings is 1. The van der Waals surface area contributed by atoms with E-state index in [2.05, 4.69) is 61.0 Å². The van der Waals surface area contributed by atoms with Crippen molar-refractivity contribution >= 4 is 28.7 Å². The molecule has 3 aromatic rings. The number of hydrogen-bond acceptors (Lipinski definition) is 2. The first kappa shape index (κ1) is 18.3.